The molecule has 212 valence electrons. The zero-order valence-corrected chi connectivity index (χ0v) is 25.2. The first-order chi connectivity index (χ1) is 22.3. The molecule has 0 radical (unpaired) electrons. The summed E-state index contributed by atoms with van der Waals surface area (Å²) in [7, 11) is 0. The van der Waals surface area contributed by atoms with Crippen molar-refractivity contribution in [2.24, 2.45) is 0 Å². The van der Waals surface area contributed by atoms with Crippen molar-refractivity contribution in [3.05, 3.63) is 164 Å². The number of aromatic nitrogens is 2. The van der Waals surface area contributed by atoms with Gasteiger partial charge in [0, 0.05) is 53.9 Å². The quantitative estimate of drug-likeness (QED) is 0.198. The number of para-hydroxylation sites is 2. The number of benzene rings is 6. The average molecular weight is 594 g/mol. The first-order valence-electron chi connectivity index (χ1n) is 15.1. The van der Waals surface area contributed by atoms with E-state index in [9.17, 15) is 0 Å². The third-order valence-corrected chi connectivity index (χ3v) is 9.79. The normalized spacial score (nSPS) is 11.6. The molecule has 3 heterocycles. The second-order valence-corrected chi connectivity index (χ2v) is 12.3. The average Bonchev–Trinajstić information content (AvgIpc) is 3.65. The summed E-state index contributed by atoms with van der Waals surface area (Å²) in [4.78, 5) is 7.64. The lowest BCUT2D eigenvalue weighted by Crippen LogP contribution is -2.09. The molecule has 0 amide bonds. The number of fused-ring (bicyclic) bond motifs is 7. The van der Waals surface area contributed by atoms with Crippen LogP contribution in [0, 0.1) is 0 Å². The lowest BCUT2D eigenvalue weighted by atomic mass is 10.1. The number of pyridine rings is 1. The van der Waals surface area contributed by atoms with E-state index in [0.717, 1.165) is 50.6 Å². The van der Waals surface area contributed by atoms with E-state index in [1.165, 1.54) is 25.6 Å². The molecule has 0 aliphatic rings. The lowest BCUT2D eigenvalue weighted by Gasteiger charge is -2.25. The highest BCUT2D eigenvalue weighted by Gasteiger charge is 2.20. The SMILES string of the molecule is c1ccc(-c2ccc3c(n2)c2c4sc5ccccc5c4ccc2n3-c2ccc(N(c3ccccc3)c3ccccc3)cc2)cc1. The highest BCUT2D eigenvalue weighted by Crippen LogP contribution is 2.43. The van der Waals surface area contributed by atoms with Gasteiger partial charge in [0.1, 0.15) is 0 Å². The molecule has 0 aliphatic carbocycles. The fourth-order valence-corrected chi connectivity index (χ4v) is 7.79. The Morgan fingerprint density at radius 3 is 1.80 bits per heavy atom. The summed E-state index contributed by atoms with van der Waals surface area (Å²) in [6.45, 7) is 0. The molecule has 0 bridgehead atoms. The fraction of sp³-hybridized carbons (Fsp3) is 0. The predicted octanol–water partition coefficient (Wildman–Crippen LogP) is 11.7. The zero-order valence-electron chi connectivity index (χ0n) is 24.3. The van der Waals surface area contributed by atoms with Crippen LogP contribution in [0.25, 0.3) is 59.1 Å². The molecule has 0 aliphatic heterocycles. The molecular weight excluding hydrogens is 567 g/mol. The van der Waals surface area contributed by atoms with Crippen molar-refractivity contribution in [1.82, 2.24) is 9.55 Å². The van der Waals surface area contributed by atoms with Gasteiger partial charge in [-0.1, -0.05) is 91.0 Å². The summed E-state index contributed by atoms with van der Waals surface area (Å²) in [5, 5.41) is 3.79. The van der Waals surface area contributed by atoms with Crippen molar-refractivity contribution in [2.45, 2.75) is 0 Å². The Labute approximate surface area is 264 Å². The van der Waals surface area contributed by atoms with Crippen LogP contribution in [0.5, 0.6) is 0 Å². The van der Waals surface area contributed by atoms with E-state index in [4.69, 9.17) is 4.98 Å². The first kappa shape index (κ1) is 25.8. The van der Waals surface area contributed by atoms with Crippen LogP contribution < -0.4 is 4.90 Å². The van der Waals surface area contributed by atoms with Crippen molar-refractivity contribution in [3.8, 4) is 16.9 Å². The molecule has 0 saturated heterocycles. The number of nitrogens with zero attached hydrogens (tertiary/aromatic N) is 3. The van der Waals surface area contributed by atoms with Crippen LogP contribution in [-0.4, -0.2) is 9.55 Å². The standard InChI is InChI=1S/C41H27N3S/c1-4-12-28(13-5-1)35-25-27-37-40(42-35)39-36(26-24-34-33-18-10-11-19-38(33)45-41(34)39)44(37)32-22-20-31(21-23-32)43(29-14-6-2-7-15-29)30-16-8-3-9-17-30/h1-27H. The zero-order chi connectivity index (χ0) is 29.7. The van der Waals surface area contributed by atoms with Crippen LogP contribution >= 0.6 is 11.3 Å². The summed E-state index contributed by atoms with van der Waals surface area (Å²) in [5.74, 6) is 0. The highest BCUT2D eigenvalue weighted by atomic mass is 32.1. The minimum atomic E-state index is 0.983. The molecule has 0 N–H and O–H groups in total. The van der Waals surface area contributed by atoms with Gasteiger partial charge in [-0.05, 0) is 72.8 Å². The maximum Gasteiger partial charge on any atom is 0.0985 e. The van der Waals surface area contributed by atoms with Gasteiger partial charge in [0.25, 0.3) is 0 Å². The Bertz CT molecular complexity index is 2420. The summed E-state index contributed by atoms with van der Waals surface area (Å²) >= 11 is 1.86. The maximum atomic E-state index is 5.34. The Kier molecular flexibility index (Phi) is 6.00. The molecule has 0 spiro atoms. The molecule has 0 unspecified atom stereocenters. The van der Waals surface area contributed by atoms with E-state index in [2.05, 4.69) is 173 Å². The van der Waals surface area contributed by atoms with Gasteiger partial charge in [0.15, 0.2) is 0 Å². The van der Waals surface area contributed by atoms with Gasteiger partial charge < -0.3 is 9.47 Å². The molecule has 9 aromatic rings. The van der Waals surface area contributed by atoms with E-state index in [1.54, 1.807) is 0 Å². The predicted molar refractivity (Wildman–Crippen MR) is 192 cm³/mol. The van der Waals surface area contributed by atoms with Crippen LogP contribution in [-0.2, 0) is 0 Å². The van der Waals surface area contributed by atoms with Crippen LogP contribution in [0.1, 0.15) is 0 Å². The van der Waals surface area contributed by atoms with Crippen LogP contribution in [0.15, 0.2) is 164 Å². The topological polar surface area (TPSA) is 21.1 Å². The van der Waals surface area contributed by atoms with E-state index in [0.29, 0.717) is 0 Å². The highest BCUT2D eigenvalue weighted by molar-refractivity contribution is 7.26. The van der Waals surface area contributed by atoms with Crippen molar-refractivity contribution in [3.63, 3.8) is 0 Å². The van der Waals surface area contributed by atoms with Crippen LogP contribution in [0.2, 0.25) is 0 Å². The number of hydrogen-bond acceptors (Lipinski definition) is 3. The van der Waals surface area contributed by atoms with Gasteiger partial charge in [0.05, 0.1) is 22.2 Å². The van der Waals surface area contributed by atoms with Crippen LogP contribution in [0.4, 0.5) is 17.1 Å². The van der Waals surface area contributed by atoms with Gasteiger partial charge in [0.2, 0.25) is 0 Å². The largest absolute Gasteiger partial charge is 0.311 e. The molecule has 0 saturated carbocycles. The second kappa shape index (κ2) is 10.5. The first-order valence-corrected chi connectivity index (χ1v) is 16.0. The van der Waals surface area contributed by atoms with Crippen molar-refractivity contribution in [1.29, 1.82) is 0 Å². The third kappa shape index (κ3) is 4.22. The van der Waals surface area contributed by atoms with Crippen molar-refractivity contribution in [2.75, 3.05) is 4.90 Å². The Hall–Kier alpha value is -5.71. The molecule has 0 fully saturated rings. The maximum absolute atomic E-state index is 5.34. The molecular formula is C41H27N3S. The smallest absolute Gasteiger partial charge is 0.0985 e. The van der Waals surface area contributed by atoms with E-state index in [1.807, 2.05) is 11.3 Å². The molecule has 0 atom stereocenters. The van der Waals surface area contributed by atoms with E-state index in [-0.39, 0.29) is 0 Å². The van der Waals surface area contributed by atoms with E-state index >= 15 is 0 Å². The lowest BCUT2D eigenvalue weighted by molar-refractivity contribution is 1.17. The van der Waals surface area contributed by atoms with Crippen molar-refractivity contribution >= 4 is 70.5 Å². The number of anilines is 3. The Balaban J connectivity index is 1.27. The minimum Gasteiger partial charge on any atom is -0.311 e. The van der Waals surface area contributed by atoms with Gasteiger partial charge in [-0.25, -0.2) is 4.98 Å². The van der Waals surface area contributed by atoms with E-state index < -0.39 is 0 Å². The summed E-state index contributed by atoms with van der Waals surface area (Å²) in [6, 6.07) is 58.1. The molecule has 3 nitrogen and oxygen atoms in total. The van der Waals surface area contributed by atoms with Gasteiger partial charge >= 0.3 is 0 Å². The van der Waals surface area contributed by atoms with Gasteiger partial charge in [-0.15, -0.1) is 11.3 Å². The van der Waals surface area contributed by atoms with Crippen LogP contribution in [0.3, 0.4) is 0 Å². The second-order valence-electron chi connectivity index (χ2n) is 11.2. The molecule has 45 heavy (non-hydrogen) atoms. The molecule has 4 heteroatoms. The Morgan fingerprint density at radius 1 is 0.489 bits per heavy atom. The number of rotatable bonds is 5. The third-order valence-electron chi connectivity index (χ3n) is 8.58. The fourth-order valence-electron chi connectivity index (χ4n) is 6.54. The molecule has 3 aromatic heterocycles. The monoisotopic (exact) mass is 593 g/mol. The number of thiophene rings is 1. The summed E-state index contributed by atoms with van der Waals surface area (Å²) in [6.07, 6.45) is 0. The Morgan fingerprint density at radius 2 is 1.09 bits per heavy atom. The molecule has 9 rings (SSSR count). The van der Waals surface area contributed by atoms with Gasteiger partial charge in [-0.2, -0.15) is 0 Å². The summed E-state index contributed by atoms with van der Waals surface area (Å²) < 4.78 is 4.95. The molecule has 6 aromatic carbocycles. The number of hydrogen-bond donors (Lipinski definition) is 0. The van der Waals surface area contributed by atoms with Crippen molar-refractivity contribution < 1.29 is 0 Å². The summed E-state index contributed by atoms with van der Waals surface area (Å²) in [5.41, 5.74) is 9.86. The van der Waals surface area contributed by atoms with Gasteiger partial charge in [-0.3, -0.25) is 0 Å². The minimum absolute atomic E-state index is 0.983.